The Morgan fingerprint density at radius 3 is 2.36 bits per heavy atom. The van der Waals surface area contributed by atoms with Crippen LogP contribution in [-0.4, -0.2) is 44.6 Å². The fourth-order valence-corrected chi connectivity index (χ4v) is 3.50. The Labute approximate surface area is 137 Å². The van der Waals surface area contributed by atoms with Crippen LogP contribution in [0.25, 0.3) is 6.08 Å². The van der Waals surface area contributed by atoms with Gasteiger partial charge in [0.2, 0.25) is 0 Å². The quantitative estimate of drug-likeness (QED) is 0.800. The Balaban J connectivity index is 1.63. The first-order chi connectivity index (χ1) is 10.4. The predicted octanol–water partition coefficient (Wildman–Crippen LogP) is 3.23. The van der Waals surface area contributed by atoms with E-state index in [1.54, 1.807) is 11.3 Å². The van der Waals surface area contributed by atoms with Crippen LogP contribution in [0.4, 0.5) is 5.00 Å². The van der Waals surface area contributed by atoms with E-state index in [0.29, 0.717) is 0 Å². The lowest BCUT2D eigenvalue weighted by Gasteiger charge is -2.32. The second-order valence-electron chi connectivity index (χ2n) is 6.76. The number of nitrogens with zero attached hydrogens (tertiary/aromatic N) is 1. The molecule has 2 saturated heterocycles. The fraction of sp³-hybridized carbons (Fsp3) is 0.625. The standard InChI is InChI=1S/C16H24BNO3S/c1-15(2)16(3,4)21-17(20-15)8-7-13-5-6-14(22-13)18-9-11-19-12-10-18/h5-8H,9-12H2,1-4H3/b8-7+. The molecule has 4 nitrogen and oxygen atoms in total. The summed E-state index contributed by atoms with van der Waals surface area (Å²) in [6, 6.07) is 4.33. The highest BCUT2D eigenvalue weighted by molar-refractivity contribution is 7.17. The van der Waals surface area contributed by atoms with E-state index in [-0.39, 0.29) is 18.3 Å². The molecule has 1 aromatic rings. The van der Waals surface area contributed by atoms with Crippen molar-refractivity contribution >= 4 is 29.5 Å². The molecule has 0 aromatic carbocycles. The summed E-state index contributed by atoms with van der Waals surface area (Å²) < 4.78 is 17.4. The van der Waals surface area contributed by atoms with Gasteiger partial charge in [0, 0.05) is 18.0 Å². The second kappa shape index (κ2) is 6.00. The van der Waals surface area contributed by atoms with E-state index in [1.165, 1.54) is 9.88 Å². The van der Waals surface area contributed by atoms with Crippen molar-refractivity contribution in [1.29, 1.82) is 0 Å². The third-order valence-electron chi connectivity index (χ3n) is 4.62. The molecule has 22 heavy (non-hydrogen) atoms. The monoisotopic (exact) mass is 321 g/mol. The smallest absolute Gasteiger partial charge is 0.400 e. The lowest BCUT2D eigenvalue weighted by molar-refractivity contribution is 0.00578. The second-order valence-corrected chi connectivity index (χ2v) is 7.85. The summed E-state index contributed by atoms with van der Waals surface area (Å²) in [5.41, 5.74) is -0.563. The van der Waals surface area contributed by atoms with Crippen molar-refractivity contribution in [1.82, 2.24) is 0 Å². The van der Waals surface area contributed by atoms with Crippen molar-refractivity contribution < 1.29 is 14.0 Å². The molecule has 0 saturated carbocycles. The zero-order valence-corrected chi connectivity index (χ0v) is 14.6. The van der Waals surface area contributed by atoms with Gasteiger partial charge in [-0.3, -0.25) is 0 Å². The molecular formula is C16H24BNO3S. The highest BCUT2D eigenvalue weighted by Gasteiger charge is 2.49. The number of hydrogen-bond donors (Lipinski definition) is 0. The van der Waals surface area contributed by atoms with E-state index in [9.17, 15) is 0 Å². The van der Waals surface area contributed by atoms with Crippen LogP contribution >= 0.6 is 11.3 Å². The molecule has 2 aliphatic rings. The van der Waals surface area contributed by atoms with Crippen molar-refractivity contribution in [3.05, 3.63) is 23.0 Å². The molecular weight excluding hydrogens is 297 g/mol. The summed E-state index contributed by atoms with van der Waals surface area (Å²) in [5, 5.41) is 1.30. The van der Waals surface area contributed by atoms with Crippen LogP contribution in [0.1, 0.15) is 32.6 Å². The first-order valence-corrected chi connectivity index (χ1v) is 8.65. The van der Waals surface area contributed by atoms with Crippen LogP contribution in [0.5, 0.6) is 0 Å². The van der Waals surface area contributed by atoms with Crippen molar-refractivity contribution in [2.75, 3.05) is 31.2 Å². The largest absolute Gasteiger partial charge is 0.487 e. The first kappa shape index (κ1) is 16.1. The topological polar surface area (TPSA) is 30.9 Å². The Morgan fingerprint density at radius 1 is 1.09 bits per heavy atom. The van der Waals surface area contributed by atoms with E-state index in [2.05, 4.69) is 50.8 Å². The van der Waals surface area contributed by atoms with Gasteiger partial charge in [-0.2, -0.15) is 0 Å². The minimum atomic E-state index is -0.281. The summed E-state index contributed by atoms with van der Waals surface area (Å²) >= 11 is 1.80. The number of anilines is 1. The Hall–Kier alpha value is -0.815. The van der Waals surface area contributed by atoms with Gasteiger partial charge in [0.25, 0.3) is 0 Å². The van der Waals surface area contributed by atoms with Gasteiger partial charge in [-0.15, -0.1) is 11.3 Å². The number of morpholine rings is 1. The average molecular weight is 321 g/mol. The number of ether oxygens (including phenoxy) is 1. The SMILES string of the molecule is CC1(C)OB(/C=C/c2ccc(N3CCOCC3)s2)OC1(C)C. The van der Waals surface area contributed by atoms with Gasteiger partial charge in [-0.25, -0.2) is 0 Å². The minimum absolute atomic E-state index is 0.279. The lowest BCUT2D eigenvalue weighted by Crippen LogP contribution is -2.41. The third kappa shape index (κ3) is 3.25. The molecule has 6 heteroatoms. The van der Waals surface area contributed by atoms with Crippen molar-refractivity contribution in [3.63, 3.8) is 0 Å². The van der Waals surface area contributed by atoms with Crippen molar-refractivity contribution in [2.24, 2.45) is 0 Å². The van der Waals surface area contributed by atoms with Gasteiger partial charge in [-0.1, -0.05) is 12.1 Å². The van der Waals surface area contributed by atoms with Gasteiger partial charge in [-0.05, 0) is 39.8 Å². The van der Waals surface area contributed by atoms with Gasteiger partial charge >= 0.3 is 7.12 Å². The number of hydrogen-bond acceptors (Lipinski definition) is 5. The molecule has 0 spiro atoms. The average Bonchev–Trinajstić information content (AvgIpc) is 3.01. The van der Waals surface area contributed by atoms with Gasteiger partial charge in [0.05, 0.1) is 29.4 Å². The fourth-order valence-electron chi connectivity index (χ4n) is 2.53. The normalized spacial score (nSPS) is 24.4. The molecule has 0 atom stereocenters. The molecule has 1 aromatic heterocycles. The maximum atomic E-state index is 5.98. The molecule has 2 aliphatic heterocycles. The molecule has 120 valence electrons. The highest BCUT2D eigenvalue weighted by atomic mass is 32.1. The summed E-state index contributed by atoms with van der Waals surface area (Å²) in [6.45, 7) is 11.9. The number of thiophene rings is 1. The molecule has 3 rings (SSSR count). The Morgan fingerprint density at radius 2 is 1.73 bits per heavy atom. The first-order valence-electron chi connectivity index (χ1n) is 7.84. The van der Waals surface area contributed by atoms with Crippen LogP contribution in [0.15, 0.2) is 18.1 Å². The van der Waals surface area contributed by atoms with E-state index >= 15 is 0 Å². The molecule has 0 radical (unpaired) electrons. The molecule has 0 aliphatic carbocycles. The third-order valence-corrected chi connectivity index (χ3v) is 5.74. The molecule has 2 fully saturated rings. The van der Waals surface area contributed by atoms with Crippen LogP contribution < -0.4 is 4.90 Å². The Kier molecular flexibility index (Phi) is 4.38. The van der Waals surface area contributed by atoms with Crippen molar-refractivity contribution in [2.45, 2.75) is 38.9 Å². The predicted molar refractivity (Wildman–Crippen MR) is 92.5 cm³/mol. The molecule has 0 N–H and O–H groups in total. The van der Waals surface area contributed by atoms with E-state index < -0.39 is 0 Å². The van der Waals surface area contributed by atoms with Gasteiger partial charge in [0.15, 0.2) is 0 Å². The summed E-state index contributed by atoms with van der Waals surface area (Å²) in [4.78, 5) is 3.59. The minimum Gasteiger partial charge on any atom is -0.400 e. The van der Waals surface area contributed by atoms with E-state index in [0.717, 1.165) is 26.3 Å². The van der Waals surface area contributed by atoms with Crippen LogP contribution in [0, 0.1) is 0 Å². The summed E-state index contributed by atoms with van der Waals surface area (Å²) in [6.07, 6.45) is 2.09. The molecule has 0 amide bonds. The maximum absolute atomic E-state index is 5.98. The molecule has 0 unspecified atom stereocenters. The van der Waals surface area contributed by atoms with Gasteiger partial charge in [0.1, 0.15) is 0 Å². The van der Waals surface area contributed by atoms with Crippen LogP contribution in [0.2, 0.25) is 0 Å². The van der Waals surface area contributed by atoms with Crippen LogP contribution in [-0.2, 0) is 14.0 Å². The zero-order valence-electron chi connectivity index (χ0n) is 13.8. The highest BCUT2D eigenvalue weighted by Crippen LogP contribution is 2.37. The van der Waals surface area contributed by atoms with Crippen molar-refractivity contribution in [3.8, 4) is 0 Å². The number of rotatable bonds is 3. The maximum Gasteiger partial charge on any atom is 0.487 e. The van der Waals surface area contributed by atoms with E-state index in [4.69, 9.17) is 14.0 Å². The Bertz CT molecular complexity index is 533. The molecule has 3 heterocycles. The van der Waals surface area contributed by atoms with Gasteiger partial charge < -0.3 is 18.9 Å². The zero-order chi connectivity index (χ0) is 15.8. The van der Waals surface area contributed by atoms with Crippen LogP contribution in [0.3, 0.4) is 0 Å². The lowest BCUT2D eigenvalue weighted by atomic mass is 9.90. The molecule has 0 bridgehead atoms. The summed E-state index contributed by atoms with van der Waals surface area (Å²) in [5.74, 6) is 2.01. The van der Waals surface area contributed by atoms with E-state index in [1.807, 2.05) is 5.98 Å². The summed E-state index contributed by atoms with van der Waals surface area (Å²) in [7, 11) is -0.279.